The first-order chi connectivity index (χ1) is 41.5. The van der Waals surface area contributed by atoms with Gasteiger partial charge in [-0.3, -0.25) is 0 Å². The number of nitrogens with zero attached hydrogens (tertiary/aromatic N) is 2. The van der Waals surface area contributed by atoms with Crippen LogP contribution < -0.4 is 4.90 Å². The van der Waals surface area contributed by atoms with Gasteiger partial charge in [0.15, 0.2) is 0 Å². The topological polar surface area (TPSA) is 8.17 Å². The Kier molecular flexibility index (Phi) is 14.5. The Balaban J connectivity index is 0.000000197. The summed E-state index contributed by atoms with van der Waals surface area (Å²) in [5.41, 5.74) is 25.6. The zero-order chi connectivity index (χ0) is 57.2. The molecule has 1 heterocycles. The minimum Gasteiger partial charge on any atom is -0.309 e. The van der Waals surface area contributed by atoms with Crippen molar-refractivity contribution in [2.24, 2.45) is 0 Å². The highest BCUT2D eigenvalue weighted by Crippen LogP contribution is 2.60. The molecule has 0 amide bonds. The van der Waals surface area contributed by atoms with E-state index in [1.54, 1.807) is 0 Å². The van der Waals surface area contributed by atoms with Gasteiger partial charge in [0, 0.05) is 27.5 Å². The Morgan fingerprint density at radius 3 is 1.37 bits per heavy atom. The van der Waals surface area contributed by atoms with E-state index in [4.69, 9.17) is 0 Å². The van der Waals surface area contributed by atoms with Crippen LogP contribution in [0.1, 0.15) is 52.8 Å². The second-order valence-corrected chi connectivity index (χ2v) is 21.7. The molecule has 0 unspecified atom stereocenters. The first-order valence-electron chi connectivity index (χ1n) is 29.5. The van der Waals surface area contributed by atoms with Crippen molar-refractivity contribution in [3.63, 3.8) is 0 Å². The van der Waals surface area contributed by atoms with Gasteiger partial charge >= 0.3 is 0 Å². The Labute approximate surface area is 494 Å². The summed E-state index contributed by atoms with van der Waals surface area (Å²) in [5.74, 6) is 0. The standard InChI is InChI=1S/C54H38N2.C26H22.C2H6/c1-37-33-34-44-46(35-37)54(38-19-6-2-7-20-38,39-21-8-3-9-22-39)47-36-51(42-27-14-15-28-43(42)52(44)47)56(41-25-12-5-13-26-41)50-32-18-31-49-53(50)45-29-16-17-30-48(45)55(49)40-23-10-4-11-24-40;1-19-13-15-23(21-9-5-3-6-10-21)17-25(19)26-18-24(16-14-20(26)2)22-11-7-4-8-12-22;1-2/h2-36H,1H3;3-18H,1-2H3;1-2H3. The number of rotatable bonds is 9. The SMILES string of the molecule is CC.Cc1ccc(-c2ccccc2)cc1-c1cc(-c2ccccc2)ccc1C.Cc1ccc2c(c1)C(c1ccccc1)(c1ccccc1)c1cc(N(c3ccccc3)c3cccc4c3c3ccccc3n4-c3ccccc3)c3ccccc3c1-2. The van der Waals surface area contributed by atoms with Crippen molar-refractivity contribution >= 4 is 49.6 Å². The molecule has 0 fully saturated rings. The third-order valence-electron chi connectivity index (χ3n) is 16.9. The van der Waals surface area contributed by atoms with Crippen LogP contribution in [0, 0.1) is 20.8 Å². The maximum atomic E-state index is 2.52. The van der Waals surface area contributed by atoms with Crippen LogP contribution in [-0.4, -0.2) is 4.57 Å². The third-order valence-corrected chi connectivity index (χ3v) is 16.9. The van der Waals surface area contributed by atoms with Gasteiger partial charge in [-0.05, 0) is 165 Å². The molecule has 14 aromatic rings. The average Bonchev–Trinajstić information content (AvgIpc) is 1.66. The molecule has 2 nitrogen and oxygen atoms in total. The van der Waals surface area contributed by atoms with E-state index >= 15 is 0 Å². The molecule has 84 heavy (non-hydrogen) atoms. The van der Waals surface area contributed by atoms with E-state index in [-0.39, 0.29) is 0 Å². The molecule has 0 bridgehead atoms. The van der Waals surface area contributed by atoms with Crippen molar-refractivity contribution in [1.29, 1.82) is 0 Å². The van der Waals surface area contributed by atoms with E-state index < -0.39 is 5.41 Å². The molecule has 13 aromatic carbocycles. The molecular formula is C82H66N2. The maximum Gasteiger partial charge on any atom is 0.0714 e. The Hall–Kier alpha value is -10.3. The van der Waals surface area contributed by atoms with Crippen LogP contribution in [0.15, 0.2) is 309 Å². The van der Waals surface area contributed by atoms with Crippen LogP contribution in [-0.2, 0) is 5.41 Å². The lowest BCUT2D eigenvalue weighted by atomic mass is 9.67. The molecule has 0 N–H and O–H groups in total. The summed E-state index contributed by atoms with van der Waals surface area (Å²) < 4.78 is 2.41. The Morgan fingerprint density at radius 1 is 0.321 bits per heavy atom. The van der Waals surface area contributed by atoms with E-state index in [9.17, 15) is 0 Å². The van der Waals surface area contributed by atoms with Gasteiger partial charge in [-0.2, -0.15) is 0 Å². The van der Waals surface area contributed by atoms with Crippen LogP contribution >= 0.6 is 0 Å². The smallest absolute Gasteiger partial charge is 0.0714 e. The van der Waals surface area contributed by atoms with Gasteiger partial charge in [-0.25, -0.2) is 0 Å². The van der Waals surface area contributed by atoms with Crippen LogP contribution in [0.3, 0.4) is 0 Å². The summed E-state index contributed by atoms with van der Waals surface area (Å²) in [5, 5.41) is 4.90. The largest absolute Gasteiger partial charge is 0.309 e. The van der Waals surface area contributed by atoms with Gasteiger partial charge in [-0.1, -0.05) is 268 Å². The van der Waals surface area contributed by atoms with Crippen LogP contribution in [0.2, 0.25) is 0 Å². The quantitative estimate of drug-likeness (QED) is 0.140. The summed E-state index contributed by atoms with van der Waals surface area (Å²) >= 11 is 0. The van der Waals surface area contributed by atoms with Gasteiger partial charge in [0.1, 0.15) is 0 Å². The maximum absolute atomic E-state index is 2.52. The second kappa shape index (κ2) is 22.9. The monoisotopic (exact) mass is 1080 g/mol. The molecule has 0 aliphatic heterocycles. The summed E-state index contributed by atoms with van der Waals surface area (Å²) in [6, 6.07) is 113. The molecule has 0 atom stereocenters. The summed E-state index contributed by atoms with van der Waals surface area (Å²) in [4.78, 5) is 2.52. The molecule has 15 rings (SSSR count). The number of anilines is 3. The summed E-state index contributed by atoms with van der Waals surface area (Å²) in [6.45, 7) is 10.6. The molecular weight excluding hydrogens is 1010 g/mol. The van der Waals surface area contributed by atoms with Crippen molar-refractivity contribution in [3.8, 4) is 50.2 Å². The zero-order valence-electron chi connectivity index (χ0n) is 48.3. The number of hydrogen-bond donors (Lipinski definition) is 0. The van der Waals surface area contributed by atoms with Crippen molar-refractivity contribution in [2.45, 2.75) is 40.0 Å². The fraction of sp³-hybridized carbons (Fsp3) is 0.0732. The lowest BCUT2D eigenvalue weighted by Gasteiger charge is -2.35. The predicted molar refractivity (Wildman–Crippen MR) is 359 cm³/mol. The normalized spacial score (nSPS) is 12.0. The van der Waals surface area contributed by atoms with Crippen LogP contribution in [0.5, 0.6) is 0 Å². The van der Waals surface area contributed by atoms with E-state index in [0.29, 0.717) is 0 Å². The molecule has 0 radical (unpaired) electrons. The minimum absolute atomic E-state index is 0.546. The van der Waals surface area contributed by atoms with Crippen molar-refractivity contribution in [3.05, 3.63) is 348 Å². The highest BCUT2D eigenvalue weighted by atomic mass is 15.1. The Morgan fingerprint density at radius 2 is 0.798 bits per heavy atom. The van der Waals surface area contributed by atoms with E-state index in [2.05, 4.69) is 340 Å². The Bertz CT molecular complexity index is 4500. The number of fused-ring (bicyclic) bond motifs is 8. The number of para-hydroxylation sites is 3. The highest BCUT2D eigenvalue weighted by molar-refractivity contribution is 6.18. The molecule has 1 aliphatic carbocycles. The van der Waals surface area contributed by atoms with E-state index in [1.807, 2.05) is 13.8 Å². The molecule has 1 aliphatic rings. The average molecular weight is 1080 g/mol. The van der Waals surface area contributed by atoms with Crippen molar-refractivity contribution in [1.82, 2.24) is 4.57 Å². The van der Waals surface area contributed by atoms with Crippen LogP contribution in [0.25, 0.3) is 82.8 Å². The second-order valence-electron chi connectivity index (χ2n) is 21.7. The third kappa shape index (κ3) is 9.27. The lowest BCUT2D eigenvalue weighted by molar-refractivity contribution is 0.768. The van der Waals surface area contributed by atoms with E-state index in [1.165, 1.54) is 116 Å². The molecule has 1 aromatic heterocycles. The first-order valence-corrected chi connectivity index (χ1v) is 29.5. The predicted octanol–water partition coefficient (Wildman–Crippen LogP) is 22.4. The molecule has 404 valence electrons. The number of benzene rings is 13. The number of aryl methyl sites for hydroxylation is 3. The van der Waals surface area contributed by atoms with Gasteiger partial charge in [0.25, 0.3) is 0 Å². The highest BCUT2D eigenvalue weighted by Gasteiger charge is 2.47. The number of aromatic nitrogens is 1. The van der Waals surface area contributed by atoms with E-state index in [0.717, 1.165) is 22.7 Å². The number of hydrogen-bond acceptors (Lipinski definition) is 1. The van der Waals surface area contributed by atoms with Gasteiger partial charge in [0.05, 0.1) is 27.8 Å². The fourth-order valence-electron chi connectivity index (χ4n) is 13.1. The summed E-state index contributed by atoms with van der Waals surface area (Å²) in [7, 11) is 0. The fourth-order valence-corrected chi connectivity index (χ4v) is 13.1. The molecule has 0 saturated carbocycles. The molecule has 2 heteroatoms. The first kappa shape index (κ1) is 53.1. The van der Waals surface area contributed by atoms with Gasteiger partial charge in [0.2, 0.25) is 0 Å². The molecule has 0 saturated heterocycles. The summed E-state index contributed by atoms with van der Waals surface area (Å²) in [6.07, 6.45) is 0. The minimum atomic E-state index is -0.546. The van der Waals surface area contributed by atoms with Gasteiger partial charge < -0.3 is 9.47 Å². The van der Waals surface area contributed by atoms with Crippen LogP contribution in [0.4, 0.5) is 17.1 Å². The molecule has 0 spiro atoms. The lowest BCUT2D eigenvalue weighted by Crippen LogP contribution is -2.29. The van der Waals surface area contributed by atoms with Crippen molar-refractivity contribution in [2.75, 3.05) is 4.90 Å². The van der Waals surface area contributed by atoms with Gasteiger partial charge in [-0.15, -0.1) is 0 Å². The zero-order valence-corrected chi connectivity index (χ0v) is 48.3. The van der Waals surface area contributed by atoms with Crippen molar-refractivity contribution < 1.29 is 0 Å².